The number of rotatable bonds is 2. The summed E-state index contributed by atoms with van der Waals surface area (Å²) in [5.41, 5.74) is 7.71. The van der Waals surface area contributed by atoms with Gasteiger partial charge in [0.15, 0.2) is 0 Å². The number of imidazole rings is 1. The fourth-order valence-corrected chi connectivity index (χ4v) is 3.52. The average Bonchev–Trinajstić information content (AvgIpc) is 3.12. The molecular weight excluding hydrogens is 502 g/mol. The summed E-state index contributed by atoms with van der Waals surface area (Å²) >= 11 is 0. The second-order valence-corrected chi connectivity index (χ2v) is 6.61. The summed E-state index contributed by atoms with van der Waals surface area (Å²) in [6, 6.07) is 11.7. The van der Waals surface area contributed by atoms with Gasteiger partial charge >= 0.3 is 0 Å². The predicted molar refractivity (Wildman–Crippen MR) is 98.9 cm³/mol. The Kier molecular flexibility index (Phi) is 4.82. The molecule has 1 radical (unpaired) electrons. The van der Waals surface area contributed by atoms with Crippen molar-refractivity contribution in [3.63, 3.8) is 0 Å². The van der Waals surface area contributed by atoms with E-state index in [1.165, 1.54) is 16.7 Å². The number of hydrogen-bond donors (Lipinski definition) is 0. The summed E-state index contributed by atoms with van der Waals surface area (Å²) in [4.78, 5) is 4.54. The van der Waals surface area contributed by atoms with Crippen molar-refractivity contribution >= 4 is 11.0 Å². The Hall–Kier alpha value is -2.30. The van der Waals surface area contributed by atoms with E-state index in [0.29, 0.717) is 0 Å². The van der Waals surface area contributed by atoms with Crippen LogP contribution in [0.5, 0.6) is 0 Å². The van der Waals surface area contributed by atoms with Gasteiger partial charge in [-0.05, 0) is 44.3 Å². The zero-order chi connectivity index (χ0) is 17.7. The standard InChI is InChI=1S/C20H20N5.Ir/c1-12-8-13(2)19(14(3)9-12)25-11-21-23-20(25)16-6-7-17-18(10-16)24(5)15(4)22-17;/h7-11H,1-5H3;/q-1;. The quantitative estimate of drug-likeness (QED) is 0.376. The first-order valence-electron chi connectivity index (χ1n) is 8.29. The second-order valence-electron chi connectivity index (χ2n) is 6.61. The van der Waals surface area contributed by atoms with Crippen LogP contribution in [0.1, 0.15) is 22.5 Å². The van der Waals surface area contributed by atoms with Crippen LogP contribution < -0.4 is 0 Å². The van der Waals surface area contributed by atoms with Gasteiger partial charge in [0.25, 0.3) is 0 Å². The zero-order valence-corrected chi connectivity index (χ0v) is 17.9. The Morgan fingerprint density at radius 1 is 1.00 bits per heavy atom. The molecular formula is C20H20IrN5-. The van der Waals surface area contributed by atoms with E-state index in [1.54, 1.807) is 6.33 Å². The second kappa shape index (κ2) is 6.78. The molecule has 0 spiro atoms. The predicted octanol–water partition coefficient (Wildman–Crippen LogP) is 3.85. The largest absolute Gasteiger partial charge is 0.349 e. The van der Waals surface area contributed by atoms with Crippen LogP contribution in [0.4, 0.5) is 0 Å². The topological polar surface area (TPSA) is 48.5 Å². The summed E-state index contributed by atoms with van der Waals surface area (Å²) in [5, 5.41) is 8.52. The van der Waals surface area contributed by atoms with E-state index < -0.39 is 0 Å². The Bertz CT molecular complexity index is 1080. The third-order valence-electron chi connectivity index (χ3n) is 4.70. The van der Waals surface area contributed by atoms with Crippen molar-refractivity contribution in [2.75, 3.05) is 0 Å². The molecule has 26 heavy (non-hydrogen) atoms. The molecule has 135 valence electrons. The maximum absolute atomic E-state index is 4.54. The minimum atomic E-state index is 0. The molecule has 5 nitrogen and oxygen atoms in total. The molecule has 6 heteroatoms. The minimum absolute atomic E-state index is 0. The molecule has 0 aliphatic rings. The van der Waals surface area contributed by atoms with E-state index in [-0.39, 0.29) is 20.1 Å². The summed E-state index contributed by atoms with van der Waals surface area (Å²) in [6.07, 6.45) is 1.77. The summed E-state index contributed by atoms with van der Waals surface area (Å²) in [7, 11) is 2.02. The Balaban J connectivity index is 0.00000196. The normalized spacial score (nSPS) is 11.0. The fourth-order valence-electron chi connectivity index (χ4n) is 3.52. The summed E-state index contributed by atoms with van der Waals surface area (Å²) < 4.78 is 4.13. The van der Waals surface area contributed by atoms with Crippen molar-refractivity contribution in [3.8, 4) is 17.1 Å². The van der Waals surface area contributed by atoms with Crippen molar-refractivity contribution in [2.45, 2.75) is 27.7 Å². The molecule has 2 aromatic heterocycles. The molecule has 0 bridgehead atoms. The molecule has 0 fully saturated rings. The molecule has 4 aromatic rings. The number of aryl methyl sites for hydroxylation is 5. The van der Waals surface area contributed by atoms with Gasteiger partial charge in [-0.2, -0.15) is 5.10 Å². The molecule has 0 aliphatic heterocycles. The van der Waals surface area contributed by atoms with Crippen LogP contribution in [-0.4, -0.2) is 24.3 Å². The smallest absolute Gasteiger partial charge is 0.114 e. The van der Waals surface area contributed by atoms with Crippen molar-refractivity contribution in [1.82, 2.24) is 24.3 Å². The van der Waals surface area contributed by atoms with Gasteiger partial charge in [0.05, 0.1) is 11.6 Å². The number of fused-ring (bicyclic) bond motifs is 1. The van der Waals surface area contributed by atoms with Crippen molar-refractivity contribution in [2.24, 2.45) is 7.05 Å². The van der Waals surface area contributed by atoms with E-state index in [9.17, 15) is 0 Å². The van der Waals surface area contributed by atoms with E-state index in [0.717, 1.165) is 33.9 Å². The maximum Gasteiger partial charge on any atom is 0.114 e. The Labute approximate surface area is 166 Å². The SMILES string of the molecule is Cc1cc(C)c(-n2cnnc2-c2[c-]cc3nc(C)n(C)c3c2)c(C)c1.[Ir]. The van der Waals surface area contributed by atoms with Gasteiger partial charge < -0.3 is 9.13 Å². The van der Waals surface area contributed by atoms with Crippen molar-refractivity contribution < 1.29 is 20.1 Å². The average molecular weight is 523 g/mol. The van der Waals surface area contributed by atoms with Crippen LogP contribution in [0.25, 0.3) is 28.1 Å². The zero-order valence-electron chi connectivity index (χ0n) is 15.5. The molecule has 2 heterocycles. The van der Waals surface area contributed by atoms with Gasteiger partial charge in [0, 0.05) is 38.4 Å². The maximum atomic E-state index is 4.54. The van der Waals surface area contributed by atoms with Crippen LogP contribution in [0.15, 0.2) is 30.6 Å². The molecule has 0 saturated carbocycles. The van der Waals surface area contributed by atoms with Crippen LogP contribution in [0.2, 0.25) is 0 Å². The van der Waals surface area contributed by atoms with Gasteiger partial charge in [-0.3, -0.25) is 4.98 Å². The fraction of sp³-hybridized carbons (Fsp3) is 0.250. The van der Waals surface area contributed by atoms with E-state index in [4.69, 9.17) is 0 Å². The number of benzene rings is 2. The minimum Gasteiger partial charge on any atom is -0.349 e. The monoisotopic (exact) mass is 523 g/mol. The van der Waals surface area contributed by atoms with E-state index in [2.05, 4.69) is 64.8 Å². The molecule has 2 aromatic carbocycles. The number of aromatic nitrogens is 5. The first kappa shape index (κ1) is 18.5. The van der Waals surface area contributed by atoms with Crippen molar-refractivity contribution in [1.29, 1.82) is 0 Å². The van der Waals surface area contributed by atoms with Gasteiger partial charge in [-0.1, -0.05) is 17.7 Å². The molecule has 0 unspecified atom stereocenters. The van der Waals surface area contributed by atoms with Crippen LogP contribution in [-0.2, 0) is 27.2 Å². The van der Waals surface area contributed by atoms with Gasteiger partial charge in [-0.15, -0.1) is 28.9 Å². The molecule has 0 N–H and O–H groups in total. The Morgan fingerprint density at radius 3 is 2.38 bits per heavy atom. The Morgan fingerprint density at radius 2 is 1.69 bits per heavy atom. The van der Waals surface area contributed by atoms with Gasteiger partial charge in [0.1, 0.15) is 6.33 Å². The van der Waals surface area contributed by atoms with Gasteiger partial charge in [0.2, 0.25) is 0 Å². The van der Waals surface area contributed by atoms with Crippen LogP contribution in [0, 0.1) is 33.8 Å². The molecule has 0 aliphatic carbocycles. The third-order valence-corrected chi connectivity index (χ3v) is 4.70. The van der Waals surface area contributed by atoms with E-state index >= 15 is 0 Å². The third kappa shape index (κ3) is 2.89. The van der Waals surface area contributed by atoms with Crippen molar-refractivity contribution in [3.05, 3.63) is 59.2 Å². The van der Waals surface area contributed by atoms with E-state index in [1.807, 2.05) is 24.6 Å². The van der Waals surface area contributed by atoms with Crippen LogP contribution in [0.3, 0.4) is 0 Å². The first-order chi connectivity index (χ1) is 12.0. The van der Waals surface area contributed by atoms with Crippen LogP contribution >= 0.6 is 0 Å². The summed E-state index contributed by atoms with van der Waals surface area (Å²) in [6.45, 7) is 8.36. The molecule has 0 amide bonds. The molecule has 4 rings (SSSR count). The number of hydrogen-bond acceptors (Lipinski definition) is 3. The molecule has 0 atom stereocenters. The van der Waals surface area contributed by atoms with Gasteiger partial charge in [-0.25, -0.2) is 0 Å². The first-order valence-corrected chi connectivity index (χ1v) is 8.29. The molecule has 0 saturated heterocycles. The summed E-state index contributed by atoms with van der Waals surface area (Å²) in [5.74, 6) is 1.77. The number of nitrogens with zero attached hydrogens (tertiary/aromatic N) is 5.